The lowest BCUT2D eigenvalue weighted by Gasteiger charge is -2.08. The topological polar surface area (TPSA) is 53.8 Å². The summed E-state index contributed by atoms with van der Waals surface area (Å²) >= 11 is 0. The number of hydrogen-bond acceptors (Lipinski definition) is 2. The first-order valence-electron chi connectivity index (χ1n) is 7.66. The molecule has 4 nitrogen and oxygen atoms in total. The van der Waals surface area contributed by atoms with Gasteiger partial charge in [0, 0.05) is 29.2 Å². The number of aryl methyl sites for hydroxylation is 2. The molecular formula is C19H17N3O. The minimum Gasteiger partial charge on any atom is -0.508 e. The quantitative estimate of drug-likeness (QED) is 0.599. The van der Waals surface area contributed by atoms with E-state index in [0.717, 1.165) is 24.2 Å². The Hall–Kier alpha value is -3.01. The SMILES string of the molecule is Oc1ccc(-c2cncn2CCc2c[nH]c3ccccc23)cc1. The summed E-state index contributed by atoms with van der Waals surface area (Å²) < 4.78 is 2.15. The molecule has 4 aromatic rings. The van der Waals surface area contributed by atoms with E-state index in [0.29, 0.717) is 0 Å². The van der Waals surface area contributed by atoms with Crippen molar-refractivity contribution in [2.24, 2.45) is 0 Å². The van der Waals surface area contributed by atoms with Crippen molar-refractivity contribution in [3.63, 3.8) is 0 Å². The fraction of sp³-hybridized carbons (Fsp3) is 0.105. The molecule has 0 aliphatic heterocycles. The predicted molar refractivity (Wildman–Crippen MR) is 91.3 cm³/mol. The van der Waals surface area contributed by atoms with Gasteiger partial charge in [-0.05, 0) is 42.3 Å². The number of hydrogen-bond donors (Lipinski definition) is 2. The maximum absolute atomic E-state index is 9.43. The van der Waals surface area contributed by atoms with Gasteiger partial charge in [-0.3, -0.25) is 0 Å². The van der Waals surface area contributed by atoms with Crippen LogP contribution >= 0.6 is 0 Å². The van der Waals surface area contributed by atoms with E-state index < -0.39 is 0 Å². The Bertz CT molecular complexity index is 935. The van der Waals surface area contributed by atoms with E-state index in [2.05, 4.69) is 38.9 Å². The molecule has 2 N–H and O–H groups in total. The number of aromatic amines is 1. The van der Waals surface area contributed by atoms with E-state index in [9.17, 15) is 5.11 Å². The van der Waals surface area contributed by atoms with Crippen molar-refractivity contribution in [3.05, 3.63) is 72.8 Å². The van der Waals surface area contributed by atoms with Gasteiger partial charge in [0.2, 0.25) is 0 Å². The van der Waals surface area contributed by atoms with Crippen LogP contribution in [0.2, 0.25) is 0 Å². The second-order valence-corrected chi connectivity index (χ2v) is 5.63. The second-order valence-electron chi connectivity index (χ2n) is 5.63. The number of aromatic hydroxyl groups is 1. The third kappa shape index (κ3) is 2.59. The maximum atomic E-state index is 9.43. The molecular weight excluding hydrogens is 286 g/mol. The minimum absolute atomic E-state index is 0.276. The Morgan fingerprint density at radius 3 is 2.74 bits per heavy atom. The largest absolute Gasteiger partial charge is 0.508 e. The van der Waals surface area contributed by atoms with Crippen molar-refractivity contribution in [1.82, 2.24) is 14.5 Å². The van der Waals surface area contributed by atoms with Crippen LogP contribution in [0.15, 0.2) is 67.3 Å². The number of para-hydroxylation sites is 1. The number of phenolic OH excluding ortho intramolecular Hbond substituents is 1. The smallest absolute Gasteiger partial charge is 0.115 e. The molecule has 114 valence electrons. The molecule has 2 aromatic carbocycles. The lowest BCUT2D eigenvalue weighted by atomic mass is 10.1. The first-order chi connectivity index (χ1) is 11.3. The fourth-order valence-corrected chi connectivity index (χ4v) is 2.95. The monoisotopic (exact) mass is 303 g/mol. The number of benzene rings is 2. The zero-order valence-corrected chi connectivity index (χ0v) is 12.6. The van der Waals surface area contributed by atoms with Crippen molar-refractivity contribution in [2.75, 3.05) is 0 Å². The summed E-state index contributed by atoms with van der Waals surface area (Å²) in [6.07, 6.45) is 6.74. The summed E-state index contributed by atoms with van der Waals surface area (Å²) in [6, 6.07) is 15.6. The average Bonchev–Trinajstić information content (AvgIpc) is 3.20. The van der Waals surface area contributed by atoms with E-state index in [1.165, 1.54) is 16.5 Å². The molecule has 0 aliphatic carbocycles. The number of imidazole rings is 1. The van der Waals surface area contributed by atoms with Crippen molar-refractivity contribution < 1.29 is 5.11 Å². The predicted octanol–water partition coefficient (Wildman–Crippen LogP) is 3.98. The van der Waals surface area contributed by atoms with Crippen LogP contribution in [0.3, 0.4) is 0 Å². The van der Waals surface area contributed by atoms with Crippen LogP contribution in [-0.2, 0) is 13.0 Å². The zero-order chi connectivity index (χ0) is 15.6. The Morgan fingerprint density at radius 1 is 1.04 bits per heavy atom. The summed E-state index contributed by atoms with van der Waals surface area (Å²) in [7, 11) is 0. The van der Waals surface area contributed by atoms with E-state index in [4.69, 9.17) is 0 Å². The zero-order valence-electron chi connectivity index (χ0n) is 12.6. The van der Waals surface area contributed by atoms with Crippen molar-refractivity contribution >= 4 is 10.9 Å². The molecule has 0 fully saturated rings. The molecule has 4 rings (SSSR count). The first kappa shape index (κ1) is 13.6. The minimum atomic E-state index is 0.276. The average molecular weight is 303 g/mol. The van der Waals surface area contributed by atoms with Gasteiger partial charge in [-0.15, -0.1) is 0 Å². The number of nitrogens with one attached hydrogen (secondary N) is 1. The van der Waals surface area contributed by atoms with Gasteiger partial charge in [0.15, 0.2) is 0 Å². The van der Waals surface area contributed by atoms with Gasteiger partial charge in [0.1, 0.15) is 5.75 Å². The summed E-state index contributed by atoms with van der Waals surface area (Å²) in [4.78, 5) is 7.59. The highest BCUT2D eigenvalue weighted by Crippen LogP contribution is 2.23. The highest BCUT2D eigenvalue weighted by atomic mass is 16.3. The Balaban J connectivity index is 1.58. The summed E-state index contributed by atoms with van der Waals surface area (Å²) in [5.41, 5.74) is 4.60. The lowest BCUT2D eigenvalue weighted by Crippen LogP contribution is -2.01. The standard InChI is InChI=1S/C19H17N3O/c23-16-7-5-14(6-8-16)19-12-20-13-22(19)10-9-15-11-21-18-4-2-1-3-17(15)18/h1-8,11-13,21,23H,9-10H2. The Kier molecular flexibility index (Phi) is 3.35. The summed E-state index contributed by atoms with van der Waals surface area (Å²) in [6.45, 7) is 0.859. The molecule has 0 amide bonds. The highest BCUT2D eigenvalue weighted by molar-refractivity contribution is 5.83. The normalized spacial score (nSPS) is 11.1. The molecule has 2 heterocycles. The number of H-pyrrole nitrogens is 1. The molecule has 0 spiro atoms. The third-order valence-electron chi connectivity index (χ3n) is 4.17. The van der Waals surface area contributed by atoms with Gasteiger partial charge >= 0.3 is 0 Å². The number of fused-ring (bicyclic) bond motifs is 1. The van der Waals surface area contributed by atoms with E-state index in [1.807, 2.05) is 30.7 Å². The highest BCUT2D eigenvalue weighted by Gasteiger charge is 2.07. The summed E-state index contributed by atoms with van der Waals surface area (Å²) in [5, 5.41) is 10.7. The van der Waals surface area contributed by atoms with Crippen molar-refractivity contribution in [1.29, 1.82) is 0 Å². The summed E-state index contributed by atoms with van der Waals surface area (Å²) in [5.74, 6) is 0.276. The van der Waals surface area contributed by atoms with Gasteiger partial charge in [-0.1, -0.05) is 18.2 Å². The van der Waals surface area contributed by atoms with E-state index in [1.54, 1.807) is 12.1 Å². The molecule has 0 saturated carbocycles. The maximum Gasteiger partial charge on any atom is 0.115 e. The van der Waals surface area contributed by atoms with Gasteiger partial charge in [-0.25, -0.2) is 4.98 Å². The molecule has 0 aliphatic rings. The first-order valence-corrected chi connectivity index (χ1v) is 7.66. The van der Waals surface area contributed by atoms with Crippen molar-refractivity contribution in [2.45, 2.75) is 13.0 Å². The number of rotatable bonds is 4. The van der Waals surface area contributed by atoms with E-state index >= 15 is 0 Å². The van der Waals surface area contributed by atoms with Crippen LogP contribution in [0.5, 0.6) is 5.75 Å². The van der Waals surface area contributed by atoms with Crippen molar-refractivity contribution in [3.8, 4) is 17.0 Å². The number of nitrogens with zero attached hydrogens (tertiary/aromatic N) is 2. The molecule has 0 bridgehead atoms. The van der Waals surface area contributed by atoms with Crippen LogP contribution in [0.4, 0.5) is 0 Å². The molecule has 0 saturated heterocycles. The second kappa shape index (κ2) is 5.65. The van der Waals surface area contributed by atoms with Crippen LogP contribution in [-0.4, -0.2) is 19.6 Å². The van der Waals surface area contributed by atoms with Gasteiger partial charge in [-0.2, -0.15) is 0 Å². The van der Waals surface area contributed by atoms with Crippen LogP contribution in [0.25, 0.3) is 22.2 Å². The molecule has 4 heteroatoms. The number of phenols is 1. The lowest BCUT2D eigenvalue weighted by molar-refractivity contribution is 0.475. The Morgan fingerprint density at radius 2 is 1.87 bits per heavy atom. The molecule has 0 unspecified atom stereocenters. The fourth-order valence-electron chi connectivity index (χ4n) is 2.95. The van der Waals surface area contributed by atoms with Gasteiger partial charge < -0.3 is 14.7 Å². The van der Waals surface area contributed by atoms with Crippen LogP contribution in [0.1, 0.15) is 5.56 Å². The third-order valence-corrected chi connectivity index (χ3v) is 4.17. The molecule has 23 heavy (non-hydrogen) atoms. The number of aromatic nitrogens is 3. The molecule has 0 radical (unpaired) electrons. The van der Waals surface area contributed by atoms with Gasteiger partial charge in [0.25, 0.3) is 0 Å². The van der Waals surface area contributed by atoms with Crippen LogP contribution in [0, 0.1) is 0 Å². The van der Waals surface area contributed by atoms with E-state index in [-0.39, 0.29) is 5.75 Å². The van der Waals surface area contributed by atoms with Crippen LogP contribution < -0.4 is 0 Å². The molecule has 2 aromatic heterocycles. The Labute approximate surface area is 134 Å². The van der Waals surface area contributed by atoms with Gasteiger partial charge in [0.05, 0.1) is 18.2 Å². The molecule has 0 atom stereocenters.